The van der Waals surface area contributed by atoms with Crippen molar-refractivity contribution in [3.05, 3.63) is 82.4 Å². The van der Waals surface area contributed by atoms with Crippen molar-refractivity contribution < 1.29 is 9.59 Å². The van der Waals surface area contributed by atoms with Gasteiger partial charge in [-0.1, -0.05) is 30.3 Å². The first-order chi connectivity index (χ1) is 13.9. The molecule has 29 heavy (non-hydrogen) atoms. The monoisotopic (exact) mass is 404 g/mol. The van der Waals surface area contributed by atoms with E-state index in [4.69, 9.17) is 5.73 Å². The maximum atomic E-state index is 13.0. The van der Waals surface area contributed by atoms with Crippen LogP contribution >= 0.6 is 11.3 Å². The van der Waals surface area contributed by atoms with E-state index in [1.165, 1.54) is 11.3 Å². The zero-order chi connectivity index (χ0) is 20.5. The van der Waals surface area contributed by atoms with Crippen LogP contribution in [-0.2, 0) is 6.54 Å². The van der Waals surface area contributed by atoms with Gasteiger partial charge in [0.25, 0.3) is 5.91 Å². The Morgan fingerprint density at radius 1 is 1.10 bits per heavy atom. The molecule has 0 fully saturated rings. The zero-order valence-electron chi connectivity index (χ0n) is 16.1. The van der Waals surface area contributed by atoms with Crippen LogP contribution < -0.4 is 5.73 Å². The third-order valence-electron chi connectivity index (χ3n) is 4.73. The van der Waals surface area contributed by atoms with Crippen LogP contribution in [0.4, 0.5) is 0 Å². The summed E-state index contributed by atoms with van der Waals surface area (Å²) in [4.78, 5) is 27.6. The van der Waals surface area contributed by atoms with E-state index in [1.807, 2.05) is 54.1 Å². The van der Waals surface area contributed by atoms with Crippen LogP contribution in [0.2, 0.25) is 0 Å². The molecule has 6 nitrogen and oxygen atoms in total. The second-order valence-corrected chi connectivity index (χ2v) is 7.92. The molecule has 4 rings (SSSR count). The van der Waals surface area contributed by atoms with Crippen LogP contribution in [0.5, 0.6) is 0 Å². The van der Waals surface area contributed by atoms with Crippen molar-refractivity contribution in [2.75, 3.05) is 7.05 Å². The maximum absolute atomic E-state index is 13.0. The van der Waals surface area contributed by atoms with Crippen molar-refractivity contribution in [2.24, 2.45) is 5.73 Å². The fourth-order valence-electron chi connectivity index (χ4n) is 3.25. The van der Waals surface area contributed by atoms with Crippen molar-refractivity contribution in [1.82, 2.24) is 14.7 Å². The summed E-state index contributed by atoms with van der Waals surface area (Å²) in [7, 11) is 1.75. The van der Waals surface area contributed by atoms with Crippen LogP contribution in [0, 0.1) is 6.92 Å². The smallest absolute Gasteiger partial charge is 0.264 e. The van der Waals surface area contributed by atoms with Gasteiger partial charge in [0.1, 0.15) is 4.83 Å². The van der Waals surface area contributed by atoms with E-state index in [0.29, 0.717) is 17.0 Å². The summed E-state index contributed by atoms with van der Waals surface area (Å²) in [6, 6.07) is 18.8. The summed E-state index contributed by atoms with van der Waals surface area (Å²) in [5.41, 5.74) is 8.48. The average molecular weight is 404 g/mol. The largest absolute Gasteiger partial charge is 0.366 e. The highest BCUT2D eigenvalue weighted by atomic mass is 32.1. The number of nitrogens with two attached hydrogens (primary N) is 1. The van der Waals surface area contributed by atoms with E-state index in [9.17, 15) is 9.59 Å². The molecule has 0 saturated carbocycles. The Morgan fingerprint density at radius 2 is 1.86 bits per heavy atom. The molecular weight excluding hydrogens is 384 g/mol. The van der Waals surface area contributed by atoms with Gasteiger partial charge in [0.05, 0.1) is 16.3 Å². The molecule has 2 N–H and O–H groups in total. The first-order valence-electron chi connectivity index (χ1n) is 9.13. The standard InChI is InChI=1S/C22H20N4O2S/c1-14-18-12-19(29-22(18)26(24-14)17-9-4-3-5-10-17)21(28)25(2)13-15-7-6-8-16(11-15)20(23)27/h3-12H,13H2,1-2H3,(H2,23,27). The van der Waals surface area contributed by atoms with Gasteiger partial charge in [-0.25, -0.2) is 4.68 Å². The Balaban J connectivity index is 1.62. The maximum Gasteiger partial charge on any atom is 0.264 e. The average Bonchev–Trinajstić information content (AvgIpc) is 3.29. The lowest BCUT2D eigenvalue weighted by atomic mass is 10.1. The molecule has 7 heteroatoms. The minimum Gasteiger partial charge on any atom is -0.366 e. The first-order valence-corrected chi connectivity index (χ1v) is 9.94. The Morgan fingerprint density at radius 3 is 2.59 bits per heavy atom. The molecule has 0 saturated heterocycles. The topological polar surface area (TPSA) is 81.2 Å². The lowest BCUT2D eigenvalue weighted by molar-refractivity contribution is 0.0790. The number of rotatable bonds is 5. The molecule has 4 aromatic rings. The highest BCUT2D eigenvalue weighted by Crippen LogP contribution is 2.31. The van der Waals surface area contributed by atoms with Crippen LogP contribution in [-0.4, -0.2) is 33.5 Å². The van der Waals surface area contributed by atoms with Crippen molar-refractivity contribution in [2.45, 2.75) is 13.5 Å². The van der Waals surface area contributed by atoms with E-state index in [-0.39, 0.29) is 5.91 Å². The molecule has 0 aliphatic rings. The summed E-state index contributed by atoms with van der Waals surface area (Å²) in [5, 5.41) is 5.60. The van der Waals surface area contributed by atoms with Crippen LogP contribution in [0.3, 0.4) is 0 Å². The number of nitrogens with zero attached hydrogens (tertiary/aromatic N) is 3. The molecule has 0 atom stereocenters. The molecule has 2 aromatic heterocycles. The van der Waals surface area contributed by atoms with Gasteiger partial charge >= 0.3 is 0 Å². The van der Waals surface area contributed by atoms with Crippen molar-refractivity contribution >= 4 is 33.4 Å². The predicted molar refractivity (Wildman–Crippen MR) is 114 cm³/mol. The van der Waals surface area contributed by atoms with Crippen LogP contribution in [0.15, 0.2) is 60.7 Å². The Bertz CT molecular complexity index is 1210. The van der Waals surface area contributed by atoms with Crippen molar-refractivity contribution in [3.8, 4) is 5.69 Å². The van der Waals surface area contributed by atoms with Crippen molar-refractivity contribution in [1.29, 1.82) is 0 Å². The highest BCUT2D eigenvalue weighted by Gasteiger charge is 2.20. The van der Waals surface area contributed by atoms with Crippen molar-refractivity contribution in [3.63, 3.8) is 0 Å². The molecule has 2 amide bonds. The summed E-state index contributed by atoms with van der Waals surface area (Å²) < 4.78 is 1.88. The molecule has 0 aliphatic carbocycles. The Labute approximate surface area is 172 Å². The minimum absolute atomic E-state index is 0.0744. The molecule has 2 heterocycles. The fraction of sp³-hybridized carbons (Fsp3) is 0.136. The van der Waals surface area contributed by atoms with E-state index in [2.05, 4.69) is 5.10 Å². The number of amides is 2. The Hall–Kier alpha value is -3.45. The summed E-state index contributed by atoms with van der Waals surface area (Å²) in [6.45, 7) is 2.33. The number of thiophene rings is 1. The van der Waals surface area contributed by atoms with E-state index in [0.717, 1.165) is 27.2 Å². The van der Waals surface area contributed by atoms with Gasteiger partial charge in [-0.15, -0.1) is 11.3 Å². The third-order valence-corrected chi connectivity index (χ3v) is 5.83. The zero-order valence-corrected chi connectivity index (χ0v) is 16.9. The summed E-state index contributed by atoms with van der Waals surface area (Å²) in [5.74, 6) is -0.555. The minimum atomic E-state index is -0.480. The predicted octanol–water partition coefficient (Wildman–Crippen LogP) is 3.77. The lowest BCUT2D eigenvalue weighted by Gasteiger charge is -2.16. The lowest BCUT2D eigenvalue weighted by Crippen LogP contribution is -2.25. The number of benzene rings is 2. The third kappa shape index (κ3) is 3.64. The first kappa shape index (κ1) is 18.9. The number of primary amides is 1. The van der Waals surface area contributed by atoms with Gasteiger partial charge in [0, 0.05) is 24.5 Å². The highest BCUT2D eigenvalue weighted by molar-refractivity contribution is 7.20. The second-order valence-electron chi connectivity index (χ2n) is 6.89. The van der Waals surface area contributed by atoms with Gasteiger partial charge in [0.2, 0.25) is 5.91 Å². The molecule has 0 spiro atoms. The molecule has 0 aliphatic heterocycles. The van der Waals surface area contributed by atoms with Gasteiger partial charge in [-0.2, -0.15) is 5.10 Å². The number of para-hydroxylation sites is 1. The molecule has 0 unspecified atom stereocenters. The Kier molecular flexibility index (Phi) is 4.90. The molecule has 0 radical (unpaired) electrons. The molecule has 0 bridgehead atoms. The SMILES string of the molecule is Cc1nn(-c2ccccc2)c2sc(C(=O)N(C)Cc3cccc(C(N)=O)c3)cc12. The number of carbonyl (C=O) groups is 2. The van der Waals surface area contributed by atoms with Crippen LogP contribution in [0.25, 0.3) is 15.9 Å². The molecule has 2 aromatic carbocycles. The number of carbonyl (C=O) groups excluding carboxylic acids is 2. The van der Waals surface area contributed by atoms with Gasteiger partial charge in [-0.05, 0) is 42.8 Å². The van der Waals surface area contributed by atoms with Gasteiger partial charge < -0.3 is 10.6 Å². The molecule has 146 valence electrons. The van der Waals surface area contributed by atoms with E-state index >= 15 is 0 Å². The fourth-order valence-corrected chi connectivity index (χ4v) is 4.43. The van der Waals surface area contributed by atoms with E-state index in [1.54, 1.807) is 30.1 Å². The quantitative estimate of drug-likeness (QED) is 0.550. The summed E-state index contributed by atoms with van der Waals surface area (Å²) >= 11 is 1.43. The second kappa shape index (κ2) is 7.52. The number of hydrogen-bond donors (Lipinski definition) is 1. The van der Waals surface area contributed by atoms with Gasteiger partial charge in [0.15, 0.2) is 0 Å². The summed E-state index contributed by atoms with van der Waals surface area (Å²) in [6.07, 6.45) is 0. The normalized spacial score (nSPS) is 11.0. The van der Waals surface area contributed by atoms with Crippen LogP contribution in [0.1, 0.15) is 31.3 Å². The van der Waals surface area contributed by atoms with E-state index < -0.39 is 5.91 Å². The number of hydrogen-bond acceptors (Lipinski definition) is 4. The van der Waals surface area contributed by atoms with Gasteiger partial charge in [-0.3, -0.25) is 9.59 Å². The number of aryl methyl sites for hydroxylation is 1. The number of aromatic nitrogens is 2. The number of fused-ring (bicyclic) bond motifs is 1. The molecular formula is C22H20N4O2S.